The van der Waals surface area contributed by atoms with Gasteiger partial charge in [-0.15, -0.1) is 0 Å². The molecule has 3 aromatic rings. The third-order valence-corrected chi connectivity index (χ3v) is 4.33. The van der Waals surface area contributed by atoms with Gasteiger partial charge in [-0.2, -0.15) is 5.10 Å². The van der Waals surface area contributed by atoms with Gasteiger partial charge in [0.25, 0.3) is 0 Å². The van der Waals surface area contributed by atoms with E-state index >= 15 is 0 Å². The Morgan fingerprint density at radius 2 is 2.04 bits per heavy atom. The van der Waals surface area contributed by atoms with Crippen molar-refractivity contribution in [3.8, 4) is 0 Å². The molecule has 6 heteroatoms. The maximum Gasteiger partial charge on any atom is 0.155 e. The smallest absolute Gasteiger partial charge is 0.155 e. The average molecular weight is 311 g/mol. The van der Waals surface area contributed by atoms with Gasteiger partial charge in [0.1, 0.15) is 12.1 Å². The Morgan fingerprint density at radius 1 is 1.17 bits per heavy atom. The summed E-state index contributed by atoms with van der Waals surface area (Å²) in [6.07, 6.45) is 2.65. The highest BCUT2D eigenvalue weighted by Crippen LogP contribution is 2.20. The number of hydrogen-bond donors (Lipinski definition) is 1. The second-order valence-electron chi connectivity index (χ2n) is 5.84. The molecule has 118 valence electrons. The summed E-state index contributed by atoms with van der Waals surface area (Å²) in [5.74, 6) is -0.191. The lowest BCUT2D eigenvalue weighted by molar-refractivity contribution is 0.540. The first-order valence-corrected chi connectivity index (χ1v) is 7.81. The van der Waals surface area contributed by atoms with E-state index in [4.69, 9.17) is 0 Å². The highest BCUT2D eigenvalue weighted by Gasteiger charge is 2.22. The molecule has 23 heavy (non-hydrogen) atoms. The van der Waals surface area contributed by atoms with Crippen LogP contribution in [0.4, 0.5) is 10.1 Å². The summed E-state index contributed by atoms with van der Waals surface area (Å²) in [6, 6.07) is 13.1. The first-order valence-electron chi connectivity index (χ1n) is 7.81. The first-order chi connectivity index (χ1) is 11.3. The van der Waals surface area contributed by atoms with E-state index in [9.17, 15) is 4.39 Å². The number of benzene rings is 1. The number of aromatic nitrogens is 3. The summed E-state index contributed by atoms with van der Waals surface area (Å²) in [6.45, 7) is 2.67. The fraction of sp³-hybridized carbons (Fsp3) is 0.294. The van der Waals surface area contributed by atoms with Crippen LogP contribution in [-0.2, 0) is 6.54 Å². The Morgan fingerprint density at radius 3 is 2.91 bits per heavy atom. The Hall–Kier alpha value is -2.47. The topological polar surface area (TPSA) is 45.5 Å². The van der Waals surface area contributed by atoms with Crippen LogP contribution in [0.15, 0.2) is 48.8 Å². The molecule has 1 fully saturated rings. The normalized spacial score (nSPS) is 18.0. The molecular weight excluding hydrogens is 293 g/mol. The van der Waals surface area contributed by atoms with Crippen molar-refractivity contribution in [1.82, 2.24) is 19.9 Å². The monoisotopic (exact) mass is 311 g/mol. The highest BCUT2D eigenvalue weighted by atomic mass is 19.1. The summed E-state index contributed by atoms with van der Waals surface area (Å²) in [5.41, 5.74) is 3.04. The lowest BCUT2D eigenvalue weighted by Crippen LogP contribution is -2.32. The number of hydrogen-bond acceptors (Lipinski definition) is 4. The molecule has 1 unspecified atom stereocenters. The zero-order valence-electron chi connectivity index (χ0n) is 12.7. The van der Waals surface area contributed by atoms with Crippen LogP contribution in [0.3, 0.4) is 0 Å². The van der Waals surface area contributed by atoms with E-state index in [1.165, 1.54) is 12.1 Å². The number of halogens is 1. The van der Waals surface area contributed by atoms with Gasteiger partial charge in [0.05, 0.1) is 5.69 Å². The molecule has 1 atom stereocenters. The molecule has 0 radical (unpaired) electrons. The highest BCUT2D eigenvalue weighted by molar-refractivity contribution is 5.47. The van der Waals surface area contributed by atoms with Crippen molar-refractivity contribution < 1.29 is 4.39 Å². The SMILES string of the molecule is Fc1ccc(N2CCC(NCc3cccc4ncnn34)C2)cc1. The van der Waals surface area contributed by atoms with Crippen LogP contribution in [0.2, 0.25) is 0 Å². The van der Waals surface area contributed by atoms with Crippen LogP contribution in [0.1, 0.15) is 12.1 Å². The predicted octanol–water partition coefficient (Wildman–Crippen LogP) is 2.24. The molecule has 1 aliphatic rings. The number of rotatable bonds is 4. The van der Waals surface area contributed by atoms with Gasteiger partial charge in [0, 0.05) is 31.4 Å². The summed E-state index contributed by atoms with van der Waals surface area (Å²) < 4.78 is 14.9. The molecule has 0 spiro atoms. The first kappa shape index (κ1) is 14.1. The van der Waals surface area contributed by atoms with Crippen molar-refractivity contribution in [2.24, 2.45) is 0 Å². The van der Waals surface area contributed by atoms with Crippen LogP contribution in [0.5, 0.6) is 0 Å². The van der Waals surface area contributed by atoms with Crippen molar-refractivity contribution in [3.05, 3.63) is 60.3 Å². The molecule has 0 aliphatic carbocycles. The lowest BCUT2D eigenvalue weighted by Gasteiger charge is -2.19. The molecule has 3 heterocycles. The lowest BCUT2D eigenvalue weighted by atomic mass is 10.2. The molecule has 5 nitrogen and oxygen atoms in total. The number of pyridine rings is 1. The summed E-state index contributed by atoms with van der Waals surface area (Å²) >= 11 is 0. The van der Waals surface area contributed by atoms with Gasteiger partial charge >= 0.3 is 0 Å². The second-order valence-corrected chi connectivity index (χ2v) is 5.84. The van der Waals surface area contributed by atoms with Crippen molar-refractivity contribution >= 4 is 11.3 Å². The van der Waals surface area contributed by atoms with E-state index < -0.39 is 0 Å². The summed E-state index contributed by atoms with van der Waals surface area (Å²) in [7, 11) is 0. The maximum absolute atomic E-state index is 13.0. The molecule has 0 amide bonds. The van der Waals surface area contributed by atoms with E-state index in [0.717, 1.165) is 43.1 Å². The zero-order chi connectivity index (χ0) is 15.6. The third kappa shape index (κ3) is 2.90. The fourth-order valence-corrected chi connectivity index (χ4v) is 3.10. The van der Waals surface area contributed by atoms with Gasteiger partial charge in [-0.05, 0) is 42.8 Å². The Labute approximate surface area is 133 Å². The number of fused-ring (bicyclic) bond motifs is 1. The molecule has 1 N–H and O–H groups in total. The Bertz CT molecular complexity index is 798. The summed E-state index contributed by atoms with van der Waals surface area (Å²) in [5, 5.41) is 7.84. The van der Waals surface area contributed by atoms with Crippen LogP contribution >= 0.6 is 0 Å². The molecular formula is C17H18FN5. The van der Waals surface area contributed by atoms with Crippen LogP contribution < -0.4 is 10.2 Å². The second kappa shape index (κ2) is 5.96. The van der Waals surface area contributed by atoms with E-state index in [-0.39, 0.29) is 5.82 Å². The maximum atomic E-state index is 13.0. The fourth-order valence-electron chi connectivity index (χ4n) is 3.10. The van der Waals surface area contributed by atoms with E-state index in [1.54, 1.807) is 6.33 Å². The number of anilines is 1. The van der Waals surface area contributed by atoms with Gasteiger partial charge in [0.2, 0.25) is 0 Å². The van der Waals surface area contributed by atoms with Gasteiger partial charge in [-0.1, -0.05) is 6.07 Å². The quantitative estimate of drug-likeness (QED) is 0.802. The minimum Gasteiger partial charge on any atom is -0.370 e. The summed E-state index contributed by atoms with van der Waals surface area (Å²) in [4.78, 5) is 6.49. The van der Waals surface area contributed by atoms with Gasteiger partial charge < -0.3 is 10.2 Å². The largest absolute Gasteiger partial charge is 0.370 e. The van der Waals surface area contributed by atoms with Crippen molar-refractivity contribution in [2.75, 3.05) is 18.0 Å². The van der Waals surface area contributed by atoms with Crippen LogP contribution in [0, 0.1) is 5.82 Å². The van der Waals surface area contributed by atoms with Crippen molar-refractivity contribution in [1.29, 1.82) is 0 Å². The molecule has 1 aromatic carbocycles. The van der Waals surface area contributed by atoms with Gasteiger partial charge in [-0.3, -0.25) is 0 Å². The van der Waals surface area contributed by atoms with Crippen LogP contribution in [0.25, 0.3) is 5.65 Å². The minimum absolute atomic E-state index is 0.191. The third-order valence-electron chi connectivity index (χ3n) is 4.33. The Balaban J connectivity index is 1.39. The molecule has 1 saturated heterocycles. The van der Waals surface area contributed by atoms with E-state index in [0.29, 0.717) is 6.04 Å². The molecule has 0 saturated carbocycles. The minimum atomic E-state index is -0.191. The molecule has 0 bridgehead atoms. The van der Waals surface area contributed by atoms with E-state index in [2.05, 4.69) is 26.4 Å². The standard InChI is InChI=1S/C17H18FN5/c18-13-4-6-15(7-5-13)22-9-8-14(11-22)19-10-16-2-1-3-17-20-12-21-23(16)17/h1-7,12,14,19H,8-11H2. The van der Waals surface area contributed by atoms with Gasteiger partial charge in [0.15, 0.2) is 5.65 Å². The number of nitrogens with one attached hydrogen (secondary N) is 1. The average Bonchev–Trinajstić information content (AvgIpc) is 3.23. The zero-order valence-corrected chi connectivity index (χ0v) is 12.7. The van der Waals surface area contributed by atoms with Crippen molar-refractivity contribution in [3.63, 3.8) is 0 Å². The van der Waals surface area contributed by atoms with E-state index in [1.807, 2.05) is 28.8 Å². The van der Waals surface area contributed by atoms with Crippen molar-refractivity contribution in [2.45, 2.75) is 19.0 Å². The number of nitrogens with zero attached hydrogens (tertiary/aromatic N) is 4. The Kier molecular flexibility index (Phi) is 3.67. The van der Waals surface area contributed by atoms with Crippen LogP contribution in [-0.4, -0.2) is 33.7 Å². The molecule has 4 rings (SSSR count). The molecule has 1 aliphatic heterocycles. The predicted molar refractivity (Wildman–Crippen MR) is 86.8 cm³/mol. The van der Waals surface area contributed by atoms with Gasteiger partial charge in [-0.25, -0.2) is 13.9 Å². The molecule has 2 aromatic heterocycles.